The molecule has 10 heteroatoms. The molecule has 0 radical (unpaired) electrons. The predicted molar refractivity (Wildman–Crippen MR) is 163 cm³/mol. The van der Waals surface area contributed by atoms with Crippen LogP contribution in [-0.4, -0.2) is 57.5 Å². The molecule has 1 N–H and O–H groups in total. The van der Waals surface area contributed by atoms with Crippen molar-refractivity contribution in [1.82, 2.24) is 9.97 Å². The van der Waals surface area contributed by atoms with E-state index in [-0.39, 0.29) is 30.6 Å². The van der Waals surface area contributed by atoms with Crippen LogP contribution in [0.4, 0.5) is 0 Å². The first-order chi connectivity index (χ1) is 21.0. The van der Waals surface area contributed by atoms with Gasteiger partial charge in [0, 0.05) is 49.2 Å². The van der Waals surface area contributed by atoms with Crippen LogP contribution in [0, 0.1) is 20.8 Å². The second-order valence-electron chi connectivity index (χ2n) is 11.2. The zero-order chi connectivity index (χ0) is 31.5. The molecule has 3 atom stereocenters. The number of esters is 2. The molecular weight excluding hydrogens is 562 g/mol. The number of ether oxygens (including phenoxy) is 3. The van der Waals surface area contributed by atoms with E-state index in [4.69, 9.17) is 14.2 Å². The van der Waals surface area contributed by atoms with E-state index in [0.717, 1.165) is 22.3 Å². The summed E-state index contributed by atoms with van der Waals surface area (Å²) in [7, 11) is 0. The van der Waals surface area contributed by atoms with Crippen molar-refractivity contribution in [2.24, 2.45) is 4.99 Å². The molecule has 0 saturated carbocycles. The van der Waals surface area contributed by atoms with Crippen LogP contribution >= 0.6 is 0 Å². The zero-order valence-electron chi connectivity index (χ0n) is 24.9. The van der Waals surface area contributed by atoms with Crippen molar-refractivity contribution < 1.29 is 33.7 Å². The van der Waals surface area contributed by atoms with Gasteiger partial charge >= 0.3 is 17.9 Å². The highest BCUT2D eigenvalue weighted by Crippen LogP contribution is 2.45. The number of carbonyl (C=O) groups is 3. The molecule has 0 aliphatic carbocycles. The van der Waals surface area contributed by atoms with Crippen LogP contribution in [0.5, 0.6) is 5.75 Å². The summed E-state index contributed by atoms with van der Waals surface area (Å²) in [5.74, 6) is -1.57. The molecule has 5 rings (SSSR count). The molecule has 10 nitrogen and oxygen atoms in total. The van der Waals surface area contributed by atoms with Crippen LogP contribution in [0.2, 0.25) is 0 Å². The summed E-state index contributed by atoms with van der Waals surface area (Å²) >= 11 is 0. The lowest BCUT2D eigenvalue weighted by atomic mass is 9.71. The Kier molecular flexibility index (Phi) is 8.44. The van der Waals surface area contributed by atoms with Crippen LogP contribution in [0.15, 0.2) is 72.4 Å². The summed E-state index contributed by atoms with van der Waals surface area (Å²) < 4.78 is 18.0. The minimum absolute atomic E-state index is 0.158. The van der Waals surface area contributed by atoms with E-state index in [2.05, 4.69) is 15.0 Å². The molecule has 0 saturated heterocycles. The van der Waals surface area contributed by atoms with Crippen molar-refractivity contribution in [3.63, 3.8) is 0 Å². The lowest BCUT2D eigenvalue weighted by molar-refractivity contribution is -0.140. The molecule has 1 aromatic carbocycles. The van der Waals surface area contributed by atoms with Gasteiger partial charge in [0.05, 0.1) is 11.1 Å². The molecule has 3 unspecified atom stereocenters. The smallest absolute Gasteiger partial charge is 0.340 e. The quantitative estimate of drug-likeness (QED) is 0.325. The minimum atomic E-state index is -1.29. The lowest BCUT2D eigenvalue weighted by Gasteiger charge is -2.38. The van der Waals surface area contributed by atoms with E-state index in [0.29, 0.717) is 11.3 Å². The number of aliphatic imine (C=N–C) groups is 1. The van der Waals surface area contributed by atoms with Crippen molar-refractivity contribution in [3.8, 4) is 5.75 Å². The van der Waals surface area contributed by atoms with Crippen molar-refractivity contribution in [2.75, 3.05) is 6.61 Å². The molecule has 0 amide bonds. The molecule has 2 aliphatic rings. The van der Waals surface area contributed by atoms with Gasteiger partial charge < -0.3 is 19.3 Å². The van der Waals surface area contributed by atoms with Gasteiger partial charge in [-0.25, -0.2) is 9.59 Å². The van der Waals surface area contributed by atoms with E-state index in [1.54, 1.807) is 48.9 Å². The number of carboxylic acids is 1. The van der Waals surface area contributed by atoms with Crippen molar-refractivity contribution in [3.05, 3.63) is 106 Å². The van der Waals surface area contributed by atoms with Crippen LogP contribution in [-0.2, 0) is 19.7 Å². The molecule has 3 aromatic rings. The first-order valence-electron chi connectivity index (χ1n) is 14.2. The topological polar surface area (TPSA) is 137 Å². The molecular formula is C34H33N3O7. The number of carboxylic acid groups (broad SMARTS) is 1. The number of hydrogen-bond donors (Lipinski definition) is 1. The van der Waals surface area contributed by atoms with E-state index < -0.39 is 35.0 Å². The Balaban J connectivity index is 1.44. The van der Waals surface area contributed by atoms with Crippen LogP contribution < -0.4 is 4.74 Å². The number of pyridine rings is 2. The molecule has 0 bridgehead atoms. The van der Waals surface area contributed by atoms with Gasteiger partial charge in [0.15, 0.2) is 0 Å². The fourth-order valence-electron chi connectivity index (χ4n) is 5.75. The Morgan fingerprint density at radius 3 is 2.27 bits per heavy atom. The van der Waals surface area contributed by atoms with Crippen molar-refractivity contribution >= 4 is 30.2 Å². The number of rotatable bonds is 9. The maximum atomic E-state index is 13.0. The summed E-state index contributed by atoms with van der Waals surface area (Å²) in [5, 5.41) is 10.3. The molecule has 0 spiro atoms. The largest absolute Gasteiger partial charge is 0.482 e. The molecule has 44 heavy (non-hydrogen) atoms. The molecule has 4 heterocycles. The van der Waals surface area contributed by atoms with Gasteiger partial charge in [0.25, 0.3) is 0 Å². The zero-order valence-corrected chi connectivity index (χ0v) is 24.9. The van der Waals surface area contributed by atoms with Crippen molar-refractivity contribution in [2.45, 2.75) is 57.7 Å². The maximum Gasteiger partial charge on any atom is 0.340 e. The highest BCUT2D eigenvalue weighted by atomic mass is 16.6. The van der Waals surface area contributed by atoms with E-state index in [9.17, 15) is 19.5 Å². The van der Waals surface area contributed by atoms with Gasteiger partial charge in [0.2, 0.25) is 0 Å². The van der Waals surface area contributed by atoms with Gasteiger partial charge in [-0.1, -0.05) is 12.2 Å². The fourth-order valence-corrected chi connectivity index (χ4v) is 5.75. The number of hydrogen-bond acceptors (Lipinski definition) is 9. The first-order valence-corrected chi connectivity index (χ1v) is 14.2. The minimum Gasteiger partial charge on any atom is -0.482 e. The van der Waals surface area contributed by atoms with Gasteiger partial charge in [-0.05, 0) is 86.7 Å². The van der Waals surface area contributed by atoms with Gasteiger partial charge in [-0.3, -0.25) is 19.8 Å². The van der Waals surface area contributed by atoms with Gasteiger partial charge in [-0.15, -0.1) is 0 Å². The first kappa shape index (κ1) is 30.3. The molecule has 2 aliphatic heterocycles. The van der Waals surface area contributed by atoms with Gasteiger partial charge in [0.1, 0.15) is 29.5 Å². The molecule has 2 aromatic heterocycles. The standard InChI is InChI=1S/C34H33N3O7/c1-21-22(2)29-27(23(3)28(21)34(32(40)41)11-7-15-37-20-34)10-12-33(4,44-29)16-26(43-31(39)25-9-6-14-36-18-25)19-42-30(38)24-8-5-13-35-17-24/h5-10,12-15,17-18,20,26H,11,16,19H2,1-4H3,(H,40,41). The van der Waals surface area contributed by atoms with Gasteiger partial charge in [-0.2, -0.15) is 0 Å². The highest BCUT2D eigenvalue weighted by Gasteiger charge is 2.44. The predicted octanol–water partition coefficient (Wildman–Crippen LogP) is 5.35. The number of nitrogens with zero attached hydrogens (tertiary/aromatic N) is 3. The van der Waals surface area contributed by atoms with E-state index in [1.165, 1.54) is 18.6 Å². The Hall–Kier alpha value is -5.12. The summed E-state index contributed by atoms with van der Waals surface area (Å²) in [5.41, 5.74) is 2.13. The number of allylic oxidation sites excluding steroid dienone is 1. The number of aromatic nitrogens is 2. The lowest BCUT2D eigenvalue weighted by Crippen LogP contribution is -2.41. The summed E-state index contributed by atoms with van der Waals surface area (Å²) in [4.78, 5) is 50.4. The van der Waals surface area contributed by atoms with E-state index >= 15 is 0 Å². The summed E-state index contributed by atoms with van der Waals surface area (Å²) in [6, 6.07) is 6.43. The van der Waals surface area contributed by atoms with E-state index in [1.807, 2.05) is 39.8 Å². The normalized spacial score (nSPS) is 20.7. The number of benzene rings is 1. The van der Waals surface area contributed by atoms with Crippen LogP contribution in [0.1, 0.15) is 68.3 Å². The molecule has 226 valence electrons. The fraction of sp³-hybridized carbons (Fsp3) is 0.294. The summed E-state index contributed by atoms with van der Waals surface area (Å²) in [6.45, 7) is 7.32. The number of carbonyl (C=O) groups excluding carboxylic acids is 2. The SMILES string of the molecule is Cc1c(C)c(C2(C(=O)O)C=NC=CC2)c(C)c2c1OC(C)(CC(COC(=O)c1cccnc1)OC(=O)c1cccnc1)C=C2. The second kappa shape index (κ2) is 12.2. The monoisotopic (exact) mass is 595 g/mol. The third-order valence-corrected chi connectivity index (χ3v) is 8.09. The third-order valence-electron chi connectivity index (χ3n) is 8.09. The Morgan fingerprint density at radius 1 is 1.00 bits per heavy atom. The third kappa shape index (κ3) is 5.88. The van der Waals surface area contributed by atoms with Crippen molar-refractivity contribution in [1.29, 1.82) is 0 Å². The van der Waals surface area contributed by atoms with Crippen LogP contribution in [0.3, 0.4) is 0 Å². The Morgan fingerprint density at radius 2 is 1.68 bits per heavy atom. The number of aliphatic carboxylic acids is 1. The van der Waals surface area contributed by atoms with Crippen LogP contribution in [0.25, 0.3) is 6.08 Å². The second-order valence-corrected chi connectivity index (χ2v) is 11.2. The highest BCUT2D eigenvalue weighted by molar-refractivity contribution is 6.03. The Labute approximate surface area is 255 Å². The number of fused-ring (bicyclic) bond motifs is 1. The Bertz CT molecular complexity index is 1680. The maximum absolute atomic E-state index is 13.0. The average Bonchev–Trinajstić information content (AvgIpc) is 3.03. The summed E-state index contributed by atoms with van der Waals surface area (Å²) in [6.07, 6.45) is 14.1. The molecule has 0 fully saturated rings. The average molecular weight is 596 g/mol.